The molecule has 1 amide bonds. The van der Waals surface area contributed by atoms with Crippen LogP contribution >= 0.6 is 24.0 Å². The number of nitrogens with zero attached hydrogens (tertiary/aromatic N) is 3. The molecule has 2 fully saturated rings. The lowest BCUT2D eigenvalue weighted by molar-refractivity contribution is -0.127. The lowest BCUT2D eigenvalue weighted by Crippen LogP contribution is -2.47. The first-order valence-electron chi connectivity index (χ1n) is 10.5. The number of likely N-dealkylation sites (tertiary alicyclic amines) is 1. The summed E-state index contributed by atoms with van der Waals surface area (Å²) in [6, 6.07) is 10.8. The summed E-state index contributed by atoms with van der Waals surface area (Å²) >= 11 is 0. The molecule has 2 saturated heterocycles. The molecule has 2 heterocycles. The summed E-state index contributed by atoms with van der Waals surface area (Å²) in [5.41, 5.74) is 1.42. The quantitative estimate of drug-likeness (QED) is 0.361. The van der Waals surface area contributed by atoms with Crippen molar-refractivity contribution in [2.45, 2.75) is 25.7 Å². The average molecular weight is 514 g/mol. The van der Waals surface area contributed by atoms with E-state index >= 15 is 0 Å². The van der Waals surface area contributed by atoms with Crippen molar-refractivity contribution in [3.05, 3.63) is 35.9 Å². The zero-order valence-electron chi connectivity index (χ0n) is 17.7. The standard InChI is InChI=1S/C22H34N4O2.HI/c1-25(2)21(27)16-24-22(23-15-20-10-13-28-17-20)26-11-8-19(9-12-26)14-18-6-4-3-5-7-18;/h3-7,19-20H,8-17H2,1-2H3,(H,23,24);1H. The molecule has 0 aromatic heterocycles. The Balaban J connectivity index is 0.00000300. The molecule has 1 atom stereocenters. The molecular formula is C22H35IN4O2. The van der Waals surface area contributed by atoms with E-state index in [0.29, 0.717) is 11.8 Å². The molecule has 2 aliphatic heterocycles. The minimum Gasteiger partial charge on any atom is -0.381 e. The van der Waals surface area contributed by atoms with Crippen LogP contribution < -0.4 is 5.32 Å². The van der Waals surface area contributed by atoms with Crippen LogP contribution in [0.25, 0.3) is 0 Å². The Hall–Kier alpha value is -1.35. The van der Waals surface area contributed by atoms with Crippen molar-refractivity contribution in [3.63, 3.8) is 0 Å². The van der Waals surface area contributed by atoms with Crippen molar-refractivity contribution >= 4 is 35.8 Å². The van der Waals surface area contributed by atoms with Crippen molar-refractivity contribution in [1.82, 2.24) is 15.1 Å². The third-order valence-electron chi connectivity index (χ3n) is 5.72. The van der Waals surface area contributed by atoms with Gasteiger partial charge in [0.1, 0.15) is 6.54 Å². The molecule has 2 aliphatic rings. The fourth-order valence-electron chi connectivity index (χ4n) is 3.83. The van der Waals surface area contributed by atoms with Gasteiger partial charge >= 0.3 is 0 Å². The van der Waals surface area contributed by atoms with Crippen LogP contribution in [-0.4, -0.2) is 75.2 Å². The molecule has 1 aromatic rings. The Morgan fingerprint density at radius 1 is 1.17 bits per heavy atom. The third-order valence-corrected chi connectivity index (χ3v) is 5.72. The summed E-state index contributed by atoms with van der Waals surface area (Å²) in [6.07, 6.45) is 4.55. The lowest BCUT2D eigenvalue weighted by Gasteiger charge is -2.35. The molecule has 0 bridgehead atoms. The van der Waals surface area contributed by atoms with E-state index in [4.69, 9.17) is 4.74 Å². The Labute approximate surface area is 192 Å². The number of halogens is 1. The number of hydrogen-bond acceptors (Lipinski definition) is 3. The van der Waals surface area contributed by atoms with Crippen molar-refractivity contribution < 1.29 is 9.53 Å². The van der Waals surface area contributed by atoms with E-state index < -0.39 is 0 Å². The minimum absolute atomic E-state index is 0. The fraction of sp³-hybridized carbons (Fsp3) is 0.636. The Morgan fingerprint density at radius 2 is 1.90 bits per heavy atom. The van der Waals surface area contributed by atoms with Gasteiger partial charge < -0.3 is 19.9 Å². The number of carbonyl (C=O) groups is 1. The van der Waals surface area contributed by atoms with Crippen LogP contribution in [0.5, 0.6) is 0 Å². The minimum atomic E-state index is 0. The second-order valence-electron chi connectivity index (χ2n) is 8.16. The molecule has 1 unspecified atom stereocenters. The summed E-state index contributed by atoms with van der Waals surface area (Å²) in [4.78, 5) is 20.6. The molecule has 0 radical (unpaired) electrons. The molecule has 0 aliphatic carbocycles. The number of carbonyl (C=O) groups excluding carboxylic acids is 1. The lowest BCUT2D eigenvalue weighted by atomic mass is 9.90. The number of amides is 1. The SMILES string of the molecule is CN(C)C(=O)CN=C(NCC1CCOC1)N1CCC(Cc2ccccc2)CC1.I. The fourth-order valence-corrected chi connectivity index (χ4v) is 3.83. The van der Waals surface area contributed by atoms with E-state index in [9.17, 15) is 4.79 Å². The zero-order chi connectivity index (χ0) is 19.8. The van der Waals surface area contributed by atoms with E-state index in [-0.39, 0.29) is 36.4 Å². The summed E-state index contributed by atoms with van der Waals surface area (Å²) < 4.78 is 5.48. The van der Waals surface area contributed by atoms with Gasteiger partial charge in [0.2, 0.25) is 5.91 Å². The number of ether oxygens (including phenoxy) is 1. The number of guanidine groups is 1. The van der Waals surface area contributed by atoms with E-state index in [1.54, 1.807) is 19.0 Å². The van der Waals surface area contributed by atoms with Crippen LogP contribution in [0.3, 0.4) is 0 Å². The largest absolute Gasteiger partial charge is 0.381 e. The number of nitrogens with one attached hydrogen (secondary N) is 1. The number of benzene rings is 1. The first-order chi connectivity index (χ1) is 13.6. The van der Waals surface area contributed by atoms with Gasteiger partial charge in [-0.05, 0) is 37.2 Å². The highest BCUT2D eigenvalue weighted by molar-refractivity contribution is 14.0. The molecule has 6 nitrogen and oxygen atoms in total. The smallest absolute Gasteiger partial charge is 0.243 e. The highest BCUT2D eigenvalue weighted by Crippen LogP contribution is 2.22. The molecule has 162 valence electrons. The van der Waals surface area contributed by atoms with E-state index in [1.807, 2.05) is 0 Å². The highest BCUT2D eigenvalue weighted by Gasteiger charge is 2.23. The average Bonchev–Trinajstić information content (AvgIpc) is 3.23. The van der Waals surface area contributed by atoms with Crippen LogP contribution in [0.4, 0.5) is 0 Å². The number of piperidine rings is 1. The van der Waals surface area contributed by atoms with Crippen LogP contribution in [0.1, 0.15) is 24.8 Å². The van der Waals surface area contributed by atoms with Gasteiger partial charge in [-0.15, -0.1) is 24.0 Å². The first kappa shape index (κ1) is 23.9. The van der Waals surface area contributed by atoms with Crippen molar-refractivity contribution in [2.24, 2.45) is 16.8 Å². The predicted molar refractivity (Wildman–Crippen MR) is 128 cm³/mol. The number of aliphatic imine (C=N–C) groups is 1. The van der Waals surface area contributed by atoms with Gasteiger partial charge in [0, 0.05) is 46.3 Å². The molecule has 3 rings (SSSR count). The van der Waals surface area contributed by atoms with Crippen molar-refractivity contribution in [2.75, 3.05) is 53.5 Å². The molecule has 7 heteroatoms. The summed E-state index contributed by atoms with van der Waals surface area (Å²) in [5, 5.41) is 3.52. The molecule has 0 saturated carbocycles. The second-order valence-corrected chi connectivity index (χ2v) is 8.16. The van der Waals surface area contributed by atoms with E-state index in [1.165, 1.54) is 5.56 Å². The zero-order valence-corrected chi connectivity index (χ0v) is 20.0. The number of rotatable bonds is 6. The van der Waals surface area contributed by atoms with E-state index in [2.05, 4.69) is 45.5 Å². The van der Waals surface area contributed by atoms with Crippen molar-refractivity contribution in [3.8, 4) is 0 Å². The number of likely N-dealkylation sites (N-methyl/N-ethyl adjacent to an activating group) is 1. The second kappa shape index (κ2) is 12.4. The highest BCUT2D eigenvalue weighted by atomic mass is 127. The monoisotopic (exact) mass is 514 g/mol. The molecular weight excluding hydrogens is 479 g/mol. The molecule has 29 heavy (non-hydrogen) atoms. The van der Waals surface area contributed by atoms with E-state index in [0.717, 1.165) is 64.5 Å². The molecule has 0 spiro atoms. The Kier molecular flexibility index (Phi) is 10.2. The van der Waals surface area contributed by atoms with Crippen LogP contribution in [0.15, 0.2) is 35.3 Å². The third kappa shape index (κ3) is 7.77. The van der Waals surface area contributed by atoms with Gasteiger partial charge in [-0.25, -0.2) is 4.99 Å². The van der Waals surface area contributed by atoms with Gasteiger partial charge in [-0.2, -0.15) is 0 Å². The topological polar surface area (TPSA) is 57.2 Å². The van der Waals surface area contributed by atoms with Gasteiger partial charge in [0.25, 0.3) is 0 Å². The van der Waals surface area contributed by atoms with Crippen molar-refractivity contribution in [1.29, 1.82) is 0 Å². The van der Waals surface area contributed by atoms with Gasteiger partial charge in [0.05, 0.1) is 6.61 Å². The molecule has 1 N–H and O–H groups in total. The Morgan fingerprint density at radius 3 is 2.52 bits per heavy atom. The van der Waals surface area contributed by atoms with Gasteiger partial charge in [-0.3, -0.25) is 4.79 Å². The normalized spacial score (nSPS) is 20.3. The summed E-state index contributed by atoms with van der Waals surface area (Å²) in [5.74, 6) is 2.15. The number of hydrogen-bond donors (Lipinski definition) is 1. The summed E-state index contributed by atoms with van der Waals surface area (Å²) in [6.45, 7) is 4.69. The van der Waals surface area contributed by atoms with Crippen LogP contribution in [0.2, 0.25) is 0 Å². The first-order valence-corrected chi connectivity index (χ1v) is 10.5. The Bertz CT molecular complexity index is 639. The maximum atomic E-state index is 12.0. The molecule has 1 aromatic carbocycles. The predicted octanol–water partition coefficient (Wildman–Crippen LogP) is 2.63. The maximum Gasteiger partial charge on any atom is 0.243 e. The summed E-state index contributed by atoms with van der Waals surface area (Å²) in [7, 11) is 3.55. The van der Waals surface area contributed by atoms with Crippen LogP contribution in [0, 0.1) is 11.8 Å². The maximum absolute atomic E-state index is 12.0. The van der Waals surface area contributed by atoms with Gasteiger partial charge in [0.15, 0.2) is 5.96 Å². The van der Waals surface area contributed by atoms with Crippen LogP contribution in [-0.2, 0) is 16.0 Å². The van der Waals surface area contributed by atoms with Gasteiger partial charge in [-0.1, -0.05) is 30.3 Å².